The second-order valence-corrected chi connectivity index (χ2v) is 8.02. The standard InChI is InChI=1S/C26H22ClNO5/c1-15-10-11-18(14-21(15)27)28-23(16-6-4-8-19(12-16)32-2)22(25(30)26(28)31)24(29)17-7-5-9-20(13-17)33-3/h4-14,23,29H,1-3H3/b24-22+. The molecule has 0 spiro atoms. The molecular formula is C26H22ClNO5. The van der Waals surface area contributed by atoms with Crippen LogP contribution in [0.5, 0.6) is 11.5 Å². The molecule has 0 saturated carbocycles. The van der Waals surface area contributed by atoms with Gasteiger partial charge in [-0.05, 0) is 54.4 Å². The number of ketones is 1. The summed E-state index contributed by atoms with van der Waals surface area (Å²) in [5.74, 6) is -0.772. The molecule has 1 N–H and O–H groups in total. The fraction of sp³-hybridized carbons (Fsp3) is 0.154. The SMILES string of the molecule is COc1cccc(/C(O)=C2\C(=O)C(=O)N(c3ccc(C)c(Cl)c3)C2c2cccc(OC)c2)c1. The molecule has 0 radical (unpaired) electrons. The quantitative estimate of drug-likeness (QED) is 0.316. The van der Waals surface area contributed by atoms with Crippen molar-refractivity contribution in [3.63, 3.8) is 0 Å². The molecular weight excluding hydrogens is 442 g/mol. The summed E-state index contributed by atoms with van der Waals surface area (Å²) in [6.45, 7) is 1.85. The van der Waals surface area contributed by atoms with Crippen LogP contribution < -0.4 is 14.4 Å². The maximum Gasteiger partial charge on any atom is 0.300 e. The van der Waals surface area contributed by atoms with Gasteiger partial charge >= 0.3 is 0 Å². The molecule has 1 amide bonds. The number of rotatable bonds is 5. The predicted octanol–water partition coefficient (Wildman–Crippen LogP) is 5.29. The minimum absolute atomic E-state index is 0.0294. The van der Waals surface area contributed by atoms with E-state index in [2.05, 4.69) is 0 Å². The number of Topliss-reactive ketones (excluding diaryl/α,β-unsaturated/α-hetero) is 1. The summed E-state index contributed by atoms with van der Waals surface area (Å²) in [7, 11) is 3.04. The first-order valence-electron chi connectivity index (χ1n) is 10.2. The van der Waals surface area contributed by atoms with Gasteiger partial charge in [-0.15, -0.1) is 0 Å². The van der Waals surface area contributed by atoms with Crippen LogP contribution in [-0.4, -0.2) is 31.0 Å². The Hall–Kier alpha value is -3.77. The summed E-state index contributed by atoms with van der Waals surface area (Å²) in [5.41, 5.74) is 2.23. The first-order chi connectivity index (χ1) is 15.8. The summed E-state index contributed by atoms with van der Waals surface area (Å²) < 4.78 is 10.6. The number of aliphatic hydroxyl groups is 1. The summed E-state index contributed by atoms with van der Waals surface area (Å²) in [4.78, 5) is 27.8. The van der Waals surface area contributed by atoms with Crippen molar-refractivity contribution in [3.05, 3.63) is 94.0 Å². The van der Waals surface area contributed by atoms with Crippen LogP contribution in [0.2, 0.25) is 5.02 Å². The van der Waals surface area contributed by atoms with Crippen LogP contribution >= 0.6 is 11.6 Å². The number of amides is 1. The number of carbonyl (C=O) groups is 2. The first kappa shape index (κ1) is 22.4. The maximum atomic E-state index is 13.2. The topological polar surface area (TPSA) is 76.1 Å². The number of aliphatic hydroxyl groups excluding tert-OH is 1. The molecule has 1 aliphatic heterocycles. The molecule has 7 heteroatoms. The minimum Gasteiger partial charge on any atom is -0.507 e. The highest BCUT2D eigenvalue weighted by Gasteiger charge is 2.47. The molecule has 1 fully saturated rings. The highest BCUT2D eigenvalue weighted by Crippen LogP contribution is 2.43. The van der Waals surface area contributed by atoms with E-state index in [-0.39, 0.29) is 11.3 Å². The van der Waals surface area contributed by atoms with Crippen molar-refractivity contribution >= 4 is 34.7 Å². The largest absolute Gasteiger partial charge is 0.507 e. The van der Waals surface area contributed by atoms with Crippen molar-refractivity contribution in [1.82, 2.24) is 0 Å². The Morgan fingerprint density at radius 2 is 1.61 bits per heavy atom. The third kappa shape index (κ3) is 4.05. The van der Waals surface area contributed by atoms with Gasteiger partial charge in [0.1, 0.15) is 17.3 Å². The van der Waals surface area contributed by atoms with E-state index >= 15 is 0 Å². The first-order valence-corrected chi connectivity index (χ1v) is 10.6. The van der Waals surface area contributed by atoms with Crippen molar-refractivity contribution in [2.45, 2.75) is 13.0 Å². The van der Waals surface area contributed by atoms with Gasteiger partial charge in [-0.25, -0.2) is 0 Å². The lowest BCUT2D eigenvalue weighted by Gasteiger charge is -2.26. The number of carbonyl (C=O) groups excluding carboxylic acids is 2. The van der Waals surface area contributed by atoms with Gasteiger partial charge in [-0.2, -0.15) is 0 Å². The van der Waals surface area contributed by atoms with E-state index in [1.807, 2.05) is 6.92 Å². The number of aryl methyl sites for hydroxylation is 1. The van der Waals surface area contributed by atoms with Gasteiger partial charge in [0.05, 0.1) is 25.8 Å². The molecule has 4 rings (SSSR count). The molecule has 33 heavy (non-hydrogen) atoms. The molecule has 1 aliphatic rings. The Morgan fingerprint density at radius 3 is 2.27 bits per heavy atom. The Morgan fingerprint density at radius 1 is 0.939 bits per heavy atom. The molecule has 0 aliphatic carbocycles. The van der Waals surface area contributed by atoms with Crippen LogP contribution in [0.1, 0.15) is 22.7 Å². The fourth-order valence-electron chi connectivity index (χ4n) is 3.88. The summed E-state index contributed by atoms with van der Waals surface area (Å²) in [6, 6.07) is 18.0. The number of halogens is 1. The molecule has 3 aromatic carbocycles. The van der Waals surface area contributed by atoms with Gasteiger partial charge in [-0.1, -0.05) is 41.9 Å². The van der Waals surface area contributed by atoms with Crippen molar-refractivity contribution in [1.29, 1.82) is 0 Å². The van der Waals surface area contributed by atoms with Crippen LogP contribution in [0.15, 0.2) is 72.3 Å². The van der Waals surface area contributed by atoms with Gasteiger partial charge in [-0.3, -0.25) is 14.5 Å². The molecule has 6 nitrogen and oxygen atoms in total. The van der Waals surface area contributed by atoms with E-state index < -0.39 is 17.7 Å². The third-order valence-electron chi connectivity index (χ3n) is 5.63. The van der Waals surface area contributed by atoms with Crippen molar-refractivity contribution in [2.24, 2.45) is 0 Å². The number of hydrogen-bond donors (Lipinski definition) is 1. The van der Waals surface area contributed by atoms with Crippen LogP contribution in [-0.2, 0) is 9.59 Å². The molecule has 0 aromatic heterocycles. The fourth-order valence-corrected chi connectivity index (χ4v) is 4.06. The second-order valence-electron chi connectivity index (χ2n) is 7.61. The summed E-state index contributed by atoms with van der Waals surface area (Å²) in [5, 5.41) is 11.7. The van der Waals surface area contributed by atoms with Crippen molar-refractivity contribution in [3.8, 4) is 11.5 Å². The average Bonchev–Trinajstić information content (AvgIpc) is 3.10. The molecule has 1 saturated heterocycles. The van der Waals surface area contributed by atoms with Crippen molar-refractivity contribution in [2.75, 3.05) is 19.1 Å². The number of ether oxygens (including phenoxy) is 2. The third-order valence-corrected chi connectivity index (χ3v) is 6.04. The Labute approximate surface area is 196 Å². The highest BCUT2D eigenvalue weighted by atomic mass is 35.5. The van der Waals surface area contributed by atoms with E-state index in [0.717, 1.165) is 5.56 Å². The maximum absolute atomic E-state index is 13.2. The van der Waals surface area contributed by atoms with E-state index in [1.165, 1.54) is 19.1 Å². The molecule has 0 bridgehead atoms. The molecule has 1 atom stereocenters. The van der Waals surface area contributed by atoms with Gasteiger partial charge in [0.15, 0.2) is 0 Å². The van der Waals surface area contributed by atoms with Crippen molar-refractivity contribution < 1.29 is 24.2 Å². The van der Waals surface area contributed by atoms with Crippen LogP contribution in [0.25, 0.3) is 5.76 Å². The Bertz CT molecular complexity index is 1280. The van der Waals surface area contributed by atoms with E-state index in [9.17, 15) is 14.7 Å². The average molecular weight is 464 g/mol. The molecule has 3 aromatic rings. The van der Waals surface area contributed by atoms with Crippen LogP contribution in [0, 0.1) is 6.92 Å². The zero-order valence-electron chi connectivity index (χ0n) is 18.3. The monoisotopic (exact) mass is 463 g/mol. The van der Waals surface area contributed by atoms with E-state index in [0.29, 0.717) is 33.3 Å². The summed E-state index contributed by atoms with van der Waals surface area (Å²) >= 11 is 6.33. The zero-order valence-corrected chi connectivity index (χ0v) is 19.1. The van der Waals surface area contributed by atoms with Gasteiger partial charge in [0.25, 0.3) is 11.7 Å². The van der Waals surface area contributed by atoms with Gasteiger partial charge in [0.2, 0.25) is 0 Å². The highest BCUT2D eigenvalue weighted by molar-refractivity contribution is 6.51. The number of hydrogen-bond acceptors (Lipinski definition) is 5. The summed E-state index contributed by atoms with van der Waals surface area (Å²) in [6.07, 6.45) is 0. The second kappa shape index (κ2) is 9.00. The lowest BCUT2D eigenvalue weighted by Crippen LogP contribution is -2.29. The Balaban J connectivity index is 1.97. The number of benzene rings is 3. The lowest BCUT2D eigenvalue weighted by atomic mass is 9.95. The normalized spacial score (nSPS) is 17.3. The smallest absolute Gasteiger partial charge is 0.300 e. The van der Waals surface area contributed by atoms with Gasteiger partial charge in [0, 0.05) is 16.3 Å². The molecule has 168 valence electrons. The zero-order chi connectivity index (χ0) is 23.7. The number of anilines is 1. The van der Waals surface area contributed by atoms with Gasteiger partial charge < -0.3 is 14.6 Å². The van der Waals surface area contributed by atoms with Crippen LogP contribution in [0.3, 0.4) is 0 Å². The minimum atomic E-state index is -0.884. The number of methoxy groups -OCH3 is 2. The molecule has 1 unspecified atom stereocenters. The van der Waals surface area contributed by atoms with E-state index in [4.69, 9.17) is 21.1 Å². The van der Waals surface area contributed by atoms with E-state index in [1.54, 1.807) is 66.7 Å². The number of nitrogens with zero attached hydrogens (tertiary/aromatic N) is 1. The lowest BCUT2D eigenvalue weighted by molar-refractivity contribution is -0.132. The molecule has 1 heterocycles. The Kier molecular flexibility index (Phi) is 6.11. The van der Waals surface area contributed by atoms with Crippen LogP contribution in [0.4, 0.5) is 5.69 Å². The predicted molar refractivity (Wildman–Crippen MR) is 127 cm³/mol.